The topological polar surface area (TPSA) is 20.2 Å². The maximum atomic E-state index is 4.48. The van der Waals surface area contributed by atoms with Crippen LogP contribution in [0.2, 0.25) is 0 Å². The zero-order valence-electron chi connectivity index (χ0n) is 27.6. The quantitative estimate of drug-likeness (QED) is 0.202. The van der Waals surface area contributed by atoms with Crippen molar-refractivity contribution in [1.82, 2.24) is 9.88 Å². The molecule has 238 valence electrons. The highest BCUT2D eigenvalue weighted by atomic mass is 15.1. The average molecular weight is 642 g/mol. The van der Waals surface area contributed by atoms with Crippen LogP contribution >= 0.6 is 0 Å². The lowest BCUT2D eigenvalue weighted by molar-refractivity contribution is 0.994. The summed E-state index contributed by atoms with van der Waals surface area (Å²) in [7, 11) is 0. The van der Waals surface area contributed by atoms with Gasteiger partial charge in [-0.1, -0.05) is 116 Å². The number of hydrogen-bond donors (Lipinski definition) is 1. The molecule has 0 unspecified atom stereocenters. The van der Waals surface area contributed by atoms with Crippen molar-refractivity contribution in [3.05, 3.63) is 200 Å². The number of nitrogens with zero attached hydrogens (tertiary/aromatic N) is 2. The van der Waals surface area contributed by atoms with Crippen LogP contribution in [0.5, 0.6) is 0 Å². The molecular formula is C47H35N3. The van der Waals surface area contributed by atoms with Gasteiger partial charge >= 0.3 is 0 Å². The minimum Gasteiger partial charge on any atom is -0.381 e. The van der Waals surface area contributed by atoms with Crippen LogP contribution in [0.3, 0.4) is 0 Å². The van der Waals surface area contributed by atoms with E-state index in [0.29, 0.717) is 0 Å². The summed E-state index contributed by atoms with van der Waals surface area (Å²) in [5.41, 5.74) is 14.9. The molecule has 0 saturated heterocycles. The lowest BCUT2D eigenvalue weighted by Gasteiger charge is -2.26. The van der Waals surface area contributed by atoms with Crippen LogP contribution in [0.25, 0.3) is 61.0 Å². The number of nitrogens with one attached hydrogen (secondary N) is 1. The maximum Gasteiger partial charge on any atom is 0.0541 e. The Morgan fingerprint density at radius 2 is 1.28 bits per heavy atom. The Morgan fingerprint density at radius 3 is 2.14 bits per heavy atom. The van der Waals surface area contributed by atoms with Crippen LogP contribution in [-0.4, -0.2) is 11.1 Å². The van der Waals surface area contributed by atoms with E-state index in [9.17, 15) is 0 Å². The zero-order valence-corrected chi connectivity index (χ0v) is 27.6. The van der Waals surface area contributed by atoms with Gasteiger partial charge in [0, 0.05) is 46.2 Å². The summed E-state index contributed by atoms with van der Waals surface area (Å²) in [5.74, 6) is 0. The smallest absolute Gasteiger partial charge is 0.0541 e. The molecule has 0 radical (unpaired) electrons. The Kier molecular flexibility index (Phi) is 7.37. The highest BCUT2D eigenvalue weighted by molar-refractivity contribution is 6.10. The van der Waals surface area contributed by atoms with E-state index in [1.807, 2.05) is 0 Å². The van der Waals surface area contributed by atoms with Crippen LogP contribution in [-0.2, 0) is 0 Å². The highest BCUT2D eigenvalue weighted by Gasteiger charge is 2.18. The lowest BCUT2D eigenvalue weighted by atomic mass is 9.95. The number of anilines is 2. The van der Waals surface area contributed by atoms with Crippen molar-refractivity contribution in [2.75, 3.05) is 11.4 Å². The van der Waals surface area contributed by atoms with E-state index in [2.05, 4.69) is 204 Å². The number of rotatable bonds is 5. The van der Waals surface area contributed by atoms with Crippen LogP contribution < -0.4 is 10.2 Å². The first-order valence-corrected chi connectivity index (χ1v) is 17.1. The first-order valence-electron chi connectivity index (χ1n) is 17.1. The van der Waals surface area contributed by atoms with E-state index in [1.165, 1.54) is 44.1 Å². The molecular weight excluding hydrogens is 607 g/mol. The number of allylic oxidation sites excluding steroid dienone is 6. The molecule has 0 atom stereocenters. The third-order valence-corrected chi connectivity index (χ3v) is 9.73. The Bertz CT molecular complexity index is 2540. The van der Waals surface area contributed by atoms with Gasteiger partial charge in [-0.05, 0) is 100 Å². The molecule has 3 nitrogen and oxygen atoms in total. The van der Waals surface area contributed by atoms with Crippen molar-refractivity contribution in [2.45, 2.75) is 0 Å². The summed E-state index contributed by atoms with van der Waals surface area (Å²) in [6.45, 7) is 5.32. The largest absolute Gasteiger partial charge is 0.381 e. The SMILES string of the molecule is C=C1/C=C\C=C/N(c2ccc(-c3ccccc3)cc2)c2ccc(-c3ccc4c(c3)c3ccccc3n4-c3cccc(C4=CC=CCN4)c3)cc21. The van der Waals surface area contributed by atoms with Gasteiger partial charge in [0.2, 0.25) is 0 Å². The first kappa shape index (κ1) is 29.6. The van der Waals surface area contributed by atoms with Gasteiger partial charge in [-0.25, -0.2) is 0 Å². The van der Waals surface area contributed by atoms with Gasteiger partial charge in [0.05, 0.1) is 16.7 Å². The van der Waals surface area contributed by atoms with Gasteiger partial charge in [-0.15, -0.1) is 0 Å². The molecule has 0 amide bonds. The van der Waals surface area contributed by atoms with Crippen molar-refractivity contribution in [3.63, 3.8) is 0 Å². The molecule has 9 rings (SSSR count). The Hall–Kier alpha value is -6.58. The van der Waals surface area contributed by atoms with Crippen molar-refractivity contribution < 1.29 is 0 Å². The van der Waals surface area contributed by atoms with Gasteiger partial charge in [0.15, 0.2) is 0 Å². The second kappa shape index (κ2) is 12.5. The van der Waals surface area contributed by atoms with Gasteiger partial charge in [0.25, 0.3) is 0 Å². The second-order valence-corrected chi connectivity index (χ2v) is 12.8. The number of dihydropyridines is 1. The summed E-state index contributed by atoms with van der Waals surface area (Å²) in [4.78, 5) is 2.25. The molecule has 2 aliphatic heterocycles. The van der Waals surface area contributed by atoms with E-state index < -0.39 is 0 Å². The predicted octanol–water partition coefficient (Wildman–Crippen LogP) is 11.9. The molecule has 50 heavy (non-hydrogen) atoms. The van der Waals surface area contributed by atoms with E-state index in [0.717, 1.165) is 46.0 Å². The monoisotopic (exact) mass is 641 g/mol. The van der Waals surface area contributed by atoms with E-state index >= 15 is 0 Å². The third kappa shape index (κ3) is 5.26. The summed E-state index contributed by atoms with van der Waals surface area (Å²) >= 11 is 0. The van der Waals surface area contributed by atoms with Gasteiger partial charge in [-0.3, -0.25) is 0 Å². The number of aromatic nitrogens is 1. The lowest BCUT2D eigenvalue weighted by Crippen LogP contribution is -2.14. The zero-order chi connectivity index (χ0) is 33.4. The fourth-order valence-electron chi connectivity index (χ4n) is 7.23. The van der Waals surface area contributed by atoms with Crippen LogP contribution in [0.4, 0.5) is 11.4 Å². The fourth-order valence-corrected chi connectivity index (χ4v) is 7.23. The number of hydrogen-bond acceptors (Lipinski definition) is 2. The Morgan fingerprint density at radius 1 is 0.540 bits per heavy atom. The van der Waals surface area contributed by atoms with Crippen molar-refractivity contribution in [1.29, 1.82) is 0 Å². The number of para-hydroxylation sites is 1. The van der Waals surface area contributed by atoms with Gasteiger partial charge < -0.3 is 14.8 Å². The van der Waals surface area contributed by atoms with Crippen molar-refractivity contribution in [2.24, 2.45) is 0 Å². The molecule has 0 bridgehead atoms. The van der Waals surface area contributed by atoms with Crippen LogP contribution in [0.15, 0.2) is 189 Å². The molecule has 1 aromatic heterocycles. The van der Waals surface area contributed by atoms with E-state index in [-0.39, 0.29) is 0 Å². The molecule has 3 heteroatoms. The van der Waals surface area contributed by atoms with E-state index in [4.69, 9.17) is 0 Å². The van der Waals surface area contributed by atoms with Crippen molar-refractivity contribution >= 4 is 44.5 Å². The molecule has 0 saturated carbocycles. The molecule has 2 aliphatic rings. The summed E-state index contributed by atoms with van der Waals surface area (Å²) < 4.78 is 2.39. The normalized spacial score (nSPS) is 15.2. The van der Waals surface area contributed by atoms with Crippen molar-refractivity contribution in [3.8, 4) is 27.9 Å². The van der Waals surface area contributed by atoms with Crippen LogP contribution in [0, 0.1) is 0 Å². The molecule has 0 spiro atoms. The Balaban J connectivity index is 1.12. The highest BCUT2D eigenvalue weighted by Crippen LogP contribution is 2.40. The average Bonchev–Trinajstić information content (AvgIpc) is 3.52. The molecule has 1 N–H and O–H groups in total. The molecule has 0 aliphatic carbocycles. The molecule has 6 aromatic carbocycles. The predicted molar refractivity (Wildman–Crippen MR) is 213 cm³/mol. The van der Waals surface area contributed by atoms with E-state index in [1.54, 1.807) is 0 Å². The molecule has 0 fully saturated rings. The summed E-state index contributed by atoms with van der Waals surface area (Å²) in [6.07, 6.45) is 14.8. The molecule has 7 aromatic rings. The number of benzene rings is 6. The first-order chi connectivity index (χ1) is 24.7. The third-order valence-electron chi connectivity index (χ3n) is 9.73. The van der Waals surface area contributed by atoms with Gasteiger partial charge in [-0.2, -0.15) is 0 Å². The Labute approximate surface area is 292 Å². The molecule has 3 heterocycles. The summed E-state index contributed by atoms with van der Waals surface area (Å²) in [5, 5.41) is 5.98. The summed E-state index contributed by atoms with van der Waals surface area (Å²) in [6, 6.07) is 50.4. The maximum absolute atomic E-state index is 4.48. The van der Waals surface area contributed by atoms with Gasteiger partial charge in [0.1, 0.15) is 0 Å². The minimum atomic E-state index is 0.844. The fraction of sp³-hybridized carbons (Fsp3) is 0.0213. The number of fused-ring (bicyclic) bond motifs is 4. The van der Waals surface area contributed by atoms with Crippen LogP contribution in [0.1, 0.15) is 11.1 Å². The second-order valence-electron chi connectivity index (χ2n) is 12.8. The standard InChI is InChI=1S/C47H35N3/c1-33-12-8-10-29-49(39-24-20-35(21-25-39)34-13-3-2-4-14-34)45-26-22-36(31-42(33)45)37-23-27-47-43(32-37)41-17-5-6-19-46(41)50(47)40-16-11-15-38(30-40)44-18-7-9-28-48-44/h2-27,29-32,48H,1,28H2/b12-8-,29-10-. The minimum absolute atomic E-state index is 0.844.